The summed E-state index contributed by atoms with van der Waals surface area (Å²) in [6.07, 6.45) is 1.40. The summed E-state index contributed by atoms with van der Waals surface area (Å²) in [7, 11) is 3.02. The molecule has 1 amide bonds. The van der Waals surface area contributed by atoms with Gasteiger partial charge in [0.05, 0.1) is 30.5 Å². The van der Waals surface area contributed by atoms with Crippen LogP contribution in [0.25, 0.3) is 0 Å². The van der Waals surface area contributed by atoms with Gasteiger partial charge in [-0.1, -0.05) is 0 Å². The fourth-order valence-corrected chi connectivity index (χ4v) is 3.59. The van der Waals surface area contributed by atoms with E-state index in [0.717, 1.165) is 0 Å². The molecule has 0 bridgehead atoms. The maximum Gasteiger partial charge on any atom is 0.343 e. The average molecular weight is 557 g/mol. The molecule has 0 aromatic heterocycles. The number of ether oxygens (including phenoxy) is 6. The average Bonchev–Trinajstić information content (AvgIpc) is 3.36. The molecule has 0 saturated carbocycles. The Kier molecular flexibility index (Phi) is 7.91. The van der Waals surface area contributed by atoms with Crippen molar-refractivity contribution in [3.63, 3.8) is 0 Å². The van der Waals surface area contributed by atoms with Crippen molar-refractivity contribution in [2.24, 2.45) is 5.10 Å². The second kappa shape index (κ2) is 11.5. The molecule has 0 saturated heterocycles. The molecule has 0 radical (unpaired) electrons. The molecule has 0 unspecified atom stereocenters. The molecule has 186 valence electrons. The molecule has 3 aromatic rings. The summed E-state index contributed by atoms with van der Waals surface area (Å²) in [6, 6.07) is 14.8. The Morgan fingerprint density at radius 1 is 0.972 bits per heavy atom. The number of rotatable bonds is 9. The van der Waals surface area contributed by atoms with Gasteiger partial charge in [0.1, 0.15) is 11.5 Å². The normalized spacial score (nSPS) is 11.8. The molecule has 0 spiro atoms. The molecule has 0 fully saturated rings. The van der Waals surface area contributed by atoms with Gasteiger partial charge in [-0.25, -0.2) is 10.2 Å². The topological polar surface area (TPSA) is 114 Å². The van der Waals surface area contributed by atoms with Crippen LogP contribution in [0, 0.1) is 0 Å². The highest BCUT2D eigenvalue weighted by molar-refractivity contribution is 9.10. The highest BCUT2D eigenvalue weighted by Crippen LogP contribution is 2.34. The number of hydrogen-bond donors (Lipinski definition) is 1. The first-order valence-electron chi connectivity index (χ1n) is 10.5. The molecule has 0 atom stereocenters. The molecule has 1 aliphatic heterocycles. The van der Waals surface area contributed by atoms with Crippen molar-refractivity contribution in [3.8, 4) is 34.5 Å². The highest BCUT2D eigenvalue weighted by Gasteiger charge is 2.19. The van der Waals surface area contributed by atoms with Gasteiger partial charge in [0.2, 0.25) is 6.79 Å². The molecule has 11 heteroatoms. The maximum atomic E-state index is 12.7. The van der Waals surface area contributed by atoms with Gasteiger partial charge in [-0.3, -0.25) is 4.79 Å². The van der Waals surface area contributed by atoms with E-state index in [1.165, 1.54) is 13.3 Å². The second-order valence-corrected chi connectivity index (χ2v) is 8.10. The number of benzene rings is 3. The van der Waals surface area contributed by atoms with E-state index in [4.69, 9.17) is 28.4 Å². The highest BCUT2D eigenvalue weighted by atomic mass is 79.9. The molecule has 36 heavy (non-hydrogen) atoms. The SMILES string of the molecule is COc1ccc(OCC(=O)N/N=C/c2ccc(OC)c(OC(=O)c3ccc4c(c3)OCO4)c2)c(Br)c1. The monoisotopic (exact) mass is 556 g/mol. The Morgan fingerprint density at radius 3 is 2.56 bits per heavy atom. The first-order valence-corrected chi connectivity index (χ1v) is 11.3. The minimum atomic E-state index is -0.601. The number of carbonyl (C=O) groups is 2. The smallest absolute Gasteiger partial charge is 0.343 e. The summed E-state index contributed by atoms with van der Waals surface area (Å²) in [4.78, 5) is 24.7. The van der Waals surface area contributed by atoms with Gasteiger partial charge in [0, 0.05) is 0 Å². The Morgan fingerprint density at radius 2 is 1.78 bits per heavy atom. The number of fused-ring (bicyclic) bond motifs is 1. The van der Waals surface area contributed by atoms with E-state index in [-0.39, 0.29) is 24.7 Å². The summed E-state index contributed by atoms with van der Waals surface area (Å²) in [5.74, 6) is 1.64. The van der Waals surface area contributed by atoms with Crippen LogP contribution in [0.1, 0.15) is 15.9 Å². The predicted octanol–water partition coefficient (Wildman–Crippen LogP) is 3.94. The van der Waals surface area contributed by atoms with Crippen molar-refractivity contribution in [1.29, 1.82) is 0 Å². The molecule has 4 rings (SSSR count). The first-order chi connectivity index (χ1) is 17.5. The summed E-state index contributed by atoms with van der Waals surface area (Å²) in [5, 5.41) is 3.93. The Balaban J connectivity index is 1.35. The van der Waals surface area contributed by atoms with Crippen LogP contribution < -0.4 is 33.8 Å². The third kappa shape index (κ3) is 6.05. The number of halogens is 1. The van der Waals surface area contributed by atoms with Crippen LogP contribution >= 0.6 is 15.9 Å². The summed E-state index contributed by atoms with van der Waals surface area (Å²) in [5.41, 5.74) is 3.23. The molecule has 3 aromatic carbocycles. The van der Waals surface area contributed by atoms with Crippen molar-refractivity contribution in [2.75, 3.05) is 27.6 Å². The lowest BCUT2D eigenvalue weighted by atomic mass is 10.2. The Bertz CT molecular complexity index is 1310. The lowest BCUT2D eigenvalue weighted by Crippen LogP contribution is -2.24. The van der Waals surface area contributed by atoms with Crippen LogP contribution in [0.2, 0.25) is 0 Å². The van der Waals surface area contributed by atoms with Gasteiger partial charge in [0.25, 0.3) is 5.91 Å². The zero-order chi connectivity index (χ0) is 25.5. The van der Waals surface area contributed by atoms with E-state index in [9.17, 15) is 9.59 Å². The molecule has 10 nitrogen and oxygen atoms in total. The van der Waals surface area contributed by atoms with E-state index in [1.807, 2.05) is 0 Å². The number of amides is 1. The largest absolute Gasteiger partial charge is 0.497 e. The minimum Gasteiger partial charge on any atom is -0.497 e. The van der Waals surface area contributed by atoms with Crippen LogP contribution in [0.5, 0.6) is 34.5 Å². The van der Waals surface area contributed by atoms with Gasteiger partial charge in [-0.15, -0.1) is 0 Å². The van der Waals surface area contributed by atoms with Crippen molar-refractivity contribution >= 4 is 34.0 Å². The van der Waals surface area contributed by atoms with Gasteiger partial charge >= 0.3 is 5.97 Å². The Hall–Kier alpha value is -4.25. The van der Waals surface area contributed by atoms with E-state index < -0.39 is 11.9 Å². The van der Waals surface area contributed by atoms with Crippen molar-refractivity contribution in [1.82, 2.24) is 5.43 Å². The van der Waals surface area contributed by atoms with Crippen LogP contribution in [-0.2, 0) is 4.79 Å². The predicted molar refractivity (Wildman–Crippen MR) is 132 cm³/mol. The zero-order valence-corrected chi connectivity index (χ0v) is 20.9. The van der Waals surface area contributed by atoms with Crippen LogP contribution in [0.4, 0.5) is 0 Å². The second-order valence-electron chi connectivity index (χ2n) is 7.25. The van der Waals surface area contributed by atoms with Crippen molar-refractivity contribution in [2.45, 2.75) is 0 Å². The van der Waals surface area contributed by atoms with E-state index in [1.54, 1.807) is 61.7 Å². The van der Waals surface area contributed by atoms with Crippen LogP contribution in [0.3, 0.4) is 0 Å². The summed E-state index contributed by atoms with van der Waals surface area (Å²) >= 11 is 3.36. The molecule has 1 N–H and O–H groups in total. The van der Waals surface area contributed by atoms with E-state index >= 15 is 0 Å². The van der Waals surface area contributed by atoms with Crippen LogP contribution in [0.15, 0.2) is 64.2 Å². The summed E-state index contributed by atoms with van der Waals surface area (Å²) < 4.78 is 32.6. The van der Waals surface area contributed by atoms with E-state index in [2.05, 4.69) is 26.5 Å². The molecular weight excluding hydrogens is 536 g/mol. The quantitative estimate of drug-likeness (QED) is 0.182. The third-order valence-electron chi connectivity index (χ3n) is 4.90. The van der Waals surface area contributed by atoms with Gasteiger partial charge in [-0.2, -0.15) is 5.10 Å². The maximum absolute atomic E-state index is 12.7. The molecule has 1 aliphatic rings. The van der Waals surface area contributed by atoms with Crippen molar-refractivity contribution in [3.05, 3.63) is 70.2 Å². The first kappa shape index (κ1) is 24.9. The zero-order valence-electron chi connectivity index (χ0n) is 19.3. The number of hydrazone groups is 1. The minimum absolute atomic E-state index is 0.102. The van der Waals surface area contributed by atoms with Crippen LogP contribution in [-0.4, -0.2) is 45.7 Å². The summed E-state index contributed by atoms with van der Waals surface area (Å²) in [6.45, 7) is -0.145. The van der Waals surface area contributed by atoms with Gasteiger partial charge < -0.3 is 28.4 Å². The number of nitrogens with zero attached hydrogens (tertiary/aromatic N) is 1. The number of esters is 1. The number of nitrogens with one attached hydrogen (secondary N) is 1. The van der Waals surface area contributed by atoms with Gasteiger partial charge in [-0.05, 0) is 76.1 Å². The van der Waals surface area contributed by atoms with E-state index in [0.29, 0.717) is 38.8 Å². The lowest BCUT2D eigenvalue weighted by Gasteiger charge is -2.10. The molecular formula is C25H21BrN2O8. The number of hydrogen-bond acceptors (Lipinski definition) is 9. The lowest BCUT2D eigenvalue weighted by molar-refractivity contribution is -0.123. The standard InChI is InChI=1S/C25H21BrN2O8/c1-31-17-5-8-19(18(26)11-17)33-13-24(29)28-27-12-15-3-6-20(32-2)23(9-15)36-25(30)16-4-7-21-22(10-16)35-14-34-21/h3-12H,13-14H2,1-2H3,(H,28,29)/b27-12+. The van der Waals surface area contributed by atoms with Crippen molar-refractivity contribution < 1.29 is 38.0 Å². The fraction of sp³-hybridized carbons (Fsp3) is 0.160. The van der Waals surface area contributed by atoms with Gasteiger partial charge in [0.15, 0.2) is 29.6 Å². The molecule has 1 heterocycles. The Labute approximate surface area is 214 Å². The third-order valence-corrected chi connectivity index (χ3v) is 5.52. The molecule has 0 aliphatic carbocycles. The number of carbonyl (C=O) groups excluding carboxylic acids is 2. The fourth-order valence-electron chi connectivity index (χ4n) is 3.12. The number of methoxy groups -OCH3 is 2.